The molecule has 1 amide bonds. The molecular formula is C27H35N3O6. The van der Waals surface area contributed by atoms with Crippen molar-refractivity contribution in [1.82, 2.24) is 14.4 Å². The van der Waals surface area contributed by atoms with Crippen LogP contribution in [0.15, 0.2) is 35.1 Å². The van der Waals surface area contributed by atoms with E-state index in [1.807, 2.05) is 19.1 Å². The number of ether oxygens (including phenoxy) is 3. The minimum absolute atomic E-state index is 0.190. The first-order chi connectivity index (χ1) is 17.5. The van der Waals surface area contributed by atoms with Crippen molar-refractivity contribution in [1.29, 1.82) is 0 Å². The second kappa shape index (κ2) is 11.6. The van der Waals surface area contributed by atoms with Crippen molar-refractivity contribution in [3.63, 3.8) is 0 Å². The van der Waals surface area contributed by atoms with Crippen LogP contribution >= 0.6 is 0 Å². The molecule has 9 nitrogen and oxygen atoms in total. The minimum Gasteiger partial charge on any atom is -0.496 e. The van der Waals surface area contributed by atoms with Gasteiger partial charge < -0.3 is 23.7 Å². The highest BCUT2D eigenvalue weighted by Gasteiger charge is 2.36. The van der Waals surface area contributed by atoms with Gasteiger partial charge in [0.05, 0.1) is 20.8 Å². The smallest absolute Gasteiger partial charge is 0.328 e. The number of aromatic nitrogens is 1. The van der Waals surface area contributed by atoms with E-state index in [2.05, 4.69) is 17.0 Å². The lowest BCUT2D eigenvalue weighted by Crippen LogP contribution is -2.49. The van der Waals surface area contributed by atoms with Crippen LogP contribution in [0, 0.1) is 0 Å². The molecule has 2 aliphatic heterocycles. The van der Waals surface area contributed by atoms with Gasteiger partial charge >= 0.3 is 5.97 Å². The molecule has 1 saturated heterocycles. The summed E-state index contributed by atoms with van der Waals surface area (Å²) in [6.07, 6.45) is 2.74. The van der Waals surface area contributed by atoms with Crippen LogP contribution in [-0.4, -0.2) is 72.7 Å². The Kier molecular flexibility index (Phi) is 8.30. The third kappa shape index (κ3) is 5.41. The maximum atomic E-state index is 13.9. The third-order valence-electron chi connectivity index (χ3n) is 7.00. The molecule has 2 aliphatic rings. The van der Waals surface area contributed by atoms with Crippen molar-refractivity contribution in [3.8, 4) is 11.5 Å². The molecule has 2 aromatic rings. The molecule has 9 heteroatoms. The Hall–Kier alpha value is -3.33. The number of methoxy groups -OCH3 is 2. The summed E-state index contributed by atoms with van der Waals surface area (Å²) in [6.45, 7) is 5.60. The van der Waals surface area contributed by atoms with Crippen LogP contribution < -0.4 is 15.0 Å². The molecule has 1 unspecified atom stereocenters. The number of carbonyl (C=O) groups excluding carboxylic acids is 2. The second-order valence-electron chi connectivity index (χ2n) is 9.16. The Balaban J connectivity index is 1.60. The zero-order valence-electron chi connectivity index (χ0n) is 21.3. The summed E-state index contributed by atoms with van der Waals surface area (Å²) in [5.41, 5.74) is 1.99. The largest absolute Gasteiger partial charge is 0.496 e. The Morgan fingerprint density at radius 2 is 1.81 bits per heavy atom. The van der Waals surface area contributed by atoms with Gasteiger partial charge in [0.15, 0.2) is 0 Å². The molecule has 36 heavy (non-hydrogen) atoms. The van der Waals surface area contributed by atoms with Gasteiger partial charge in [0.1, 0.15) is 23.1 Å². The van der Waals surface area contributed by atoms with Gasteiger partial charge in [0, 0.05) is 50.9 Å². The number of carbonyl (C=O) groups is 2. The van der Waals surface area contributed by atoms with Gasteiger partial charge in [-0.25, -0.2) is 4.79 Å². The summed E-state index contributed by atoms with van der Waals surface area (Å²) < 4.78 is 17.7. The lowest BCUT2D eigenvalue weighted by molar-refractivity contribution is -0.147. The molecule has 194 valence electrons. The molecule has 0 bridgehead atoms. The molecule has 0 aliphatic carbocycles. The van der Waals surface area contributed by atoms with E-state index >= 15 is 0 Å². The van der Waals surface area contributed by atoms with Crippen LogP contribution in [0.3, 0.4) is 0 Å². The Morgan fingerprint density at radius 1 is 1.03 bits per heavy atom. The molecule has 1 atom stereocenters. The van der Waals surface area contributed by atoms with Crippen molar-refractivity contribution in [2.45, 2.75) is 51.7 Å². The predicted octanol–water partition coefficient (Wildman–Crippen LogP) is 2.48. The molecule has 3 heterocycles. The van der Waals surface area contributed by atoms with Gasteiger partial charge in [-0.15, -0.1) is 0 Å². The lowest BCUT2D eigenvalue weighted by atomic mass is 9.99. The molecule has 4 rings (SSSR count). The van der Waals surface area contributed by atoms with Crippen LogP contribution in [0.4, 0.5) is 0 Å². The zero-order chi connectivity index (χ0) is 25.7. The summed E-state index contributed by atoms with van der Waals surface area (Å²) in [4.78, 5) is 43.1. The van der Waals surface area contributed by atoms with E-state index in [-0.39, 0.29) is 17.2 Å². The summed E-state index contributed by atoms with van der Waals surface area (Å²) in [5.74, 6) is 0.396. The number of benzene rings is 1. The van der Waals surface area contributed by atoms with Gasteiger partial charge in [0.25, 0.3) is 11.5 Å². The van der Waals surface area contributed by atoms with E-state index in [0.29, 0.717) is 56.9 Å². The highest BCUT2D eigenvalue weighted by Crippen LogP contribution is 2.28. The number of piperidine rings is 1. The topological polar surface area (TPSA) is 90.3 Å². The van der Waals surface area contributed by atoms with E-state index in [4.69, 9.17) is 14.2 Å². The summed E-state index contributed by atoms with van der Waals surface area (Å²) in [7, 11) is 2.80. The van der Waals surface area contributed by atoms with E-state index < -0.39 is 12.0 Å². The standard InChI is InChI=1S/C27H35N3O6/c1-4-36-20-10-8-19(9-11-20)18-28-14-12-21-25(23(34-2)17-24(31)29(21)16-15-28)26(32)30-13-6-5-7-22(30)27(33)35-3/h8-11,17,22H,4-7,12-16,18H2,1-3H3. The second-order valence-corrected chi connectivity index (χ2v) is 9.16. The van der Waals surface area contributed by atoms with E-state index in [9.17, 15) is 14.4 Å². The molecular weight excluding hydrogens is 462 g/mol. The van der Waals surface area contributed by atoms with Gasteiger partial charge in [-0.1, -0.05) is 12.1 Å². The first-order valence-corrected chi connectivity index (χ1v) is 12.6. The fourth-order valence-corrected chi connectivity index (χ4v) is 5.16. The average molecular weight is 498 g/mol. The number of hydrogen-bond acceptors (Lipinski definition) is 7. The van der Waals surface area contributed by atoms with E-state index in [1.165, 1.54) is 20.3 Å². The van der Waals surface area contributed by atoms with Crippen LogP contribution in [0.25, 0.3) is 0 Å². The van der Waals surface area contributed by atoms with Gasteiger partial charge in [0.2, 0.25) is 0 Å². The number of esters is 1. The minimum atomic E-state index is -0.629. The van der Waals surface area contributed by atoms with Gasteiger partial charge in [-0.3, -0.25) is 14.5 Å². The first kappa shape index (κ1) is 25.8. The van der Waals surface area contributed by atoms with Crippen LogP contribution in [0.2, 0.25) is 0 Å². The summed E-state index contributed by atoms with van der Waals surface area (Å²) >= 11 is 0. The number of rotatable bonds is 7. The SMILES string of the molecule is CCOc1ccc(CN2CCc3c(C(=O)N4CCCCC4C(=O)OC)c(OC)cc(=O)n3CC2)cc1. The molecule has 1 aromatic heterocycles. The molecule has 0 spiro atoms. The molecule has 1 fully saturated rings. The normalized spacial score (nSPS) is 18.2. The Morgan fingerprint density at radius 3 is 2.50 bits per heavy atom. The highest BCUT2D eigenvalue weighted by molar-refractivity contribution is 6.00. The molecule has 0 N–H and O–H groups in total. The van der Waals surface area contributed by atoms with Gasteiger partial charge in [-0.2, -0.15) is 0 Å². The van der Waals surface area contributed by atoms with Crippen LogP contribution in [0.5, 0.6) is 11.5 Å². The number of hydrogen-bond donors (Lipinski definition) is 0. The molecule has 0 saturated carbocycles. The number of pyridine rings is 1. The van der Waals surface area contributed by atoms with Crippen molar-refractivity contribution < 1.29 is 23.8 Å². The number of amides is 1. The van der Waals surface area contributed by atoms with Crippen molar-refractivity contribution >= 4 is 11.9 Å². The zero-order valence-corrected chi connectivity index (χ0v) is 21.3. The van der Waals surface area contributed by atoms with Crippen LogP contribution in [-0.2, 0) is 29.0 Å². The van der Waals surface area contributed by atoms with Crippen molar-refractivity contribution in [3.05, 3.63) is 57.5 Å². The maximum Gasteiger partial charge on any atom is 0.328 e. The highest BCUT2D eigenvalue weighted by atomic mass is 16.5. The van der Waals surface area contributed by atoms with E-state index in [0.717, 1.165) is 30.7 Å². The molecule has 1 aromatic carbocycles. The maximum absolute atomic E-state index is 13.9. The lowest BCUT2D eigenvalue weighted by Gasteiger charge is -2.34. The number of likely N-dealkylation sites (tertiary alicyclic amines) is 1. The number of fused-ring (bicyclic) bond motifs is 1. The molecule has 0 radical (unpaired) electrons. The Bertz CT molecular complexity index is 1140. The summed E-state index contributed by atoms with van der Waals surface area (Å²) in [5, 5.41) is 0. The van der Waals surface area contributed by atoms with Crippen molar-refractivity contribution in [2.24, 2.45) is 0 Å². The quantitative estimate of drug-likeness (QED) is 0.543. The van der Waals surface area contributed by atoms with Gasteiger partial charge in [-0.05, 0) is 43.9 Å². The van der Waals surface area contributed by atoms with Crippen LogP contribution in [0.1, 0.15) is 47.8 Å². The van der Waals surface area contributed by atoms with Crippen molar-refractivity contribution in [2.75, 3.05) is 40.5 Å². The first-order valence-electron chi connectivity index (χ1n) is 12.6. The summed E-state index contributed by atoms with van der Waals surface area (Å²) in [6, 6.07) is 8.79. The Labute approximate surface area is 211 Å². The predicted molar refractivity (Wildman–Crippen MR) is 135 cm³/mol. The fraction of sp³-hybridized carbons (Fsp3) is 0.519. The van der Waals surface area contributed by atoms with E-state index in [1.54, 1.807) is 9.47 Å². The fourth-order valence-electron chi connectivity index (χ4n) is 5.16. The number of nitrogens with zero attached hydrogens (tertiary/aromatic N) is 3. The average Bonchev–Trinajstić information content (AvgIpc) is 3.12. The third-order valence-corrected chi connectivity index (χ3v) is 7.00. The monoisotopic (exact) mass is 497 g/mol.